The molecule has 2 heteroatoms. The van der Waals surface area contributed by atoms with Gasteiger partial charge in [0.25, 0.3) is 0 Å². The van der Waals surface area contributed by atoms with Crippen LogP contribution in [0.4, 0.5) is 11.4 Å². The van der Waals surface area contributed by atoms with E-state index in [0.717, 1.165) is 50.7 Å². The zero-order chi connectivity index (χ0) is 31.7. The SMILES string of the molecule is CC1CC=Cc2c1oc1c2CCC=C1c1cccc(N(c2ccc3c(c2)C2=C(C=CCC=C2)C3(C)C)C2CC=CC3=C2CCC=C3)c1. The summed E-state index contributed by atoms with van der Waals surface area (Å²) < 4.78 is 6.74. The van der Waals surface area contributed by atoms with Gasteiger partial charge in [0.1, 0.15) is 11.5 Å². The molecule has 2 nitrogen and oxygen atoms in total. The minimum Gasteiger partial charge on any atom is -0.460 e. The van der Waals surface area contributed by atoms with Gasteiger partial charge in [-0.05, 0) is 108 Å². The number of anilines is 2. The molecule has 0 amide bonds. The standard InChI is InChI=1S/C45H43NO/c1-29-13-9-21-37-38-22-12-20-35(44(38)47-43(29)37)31-16-10-17-32(27-31)46(42-24-11-15-30-14-7-8-18-34(30)42)33-25-26-41-39(28-33)36-19-5-4-6-23-40(36)45(41,2)3/h5-7,9-11,14-17,19-21,23,25-29,42H,4,8,12-13,18,22,24H2,1-3H3. The molecule has 0 N–H and O–H groups in total. The summed E-state index contributed by atoms with van der Waals surface area (Å²) in [7, 11) is 0. The van der Waals surface area contributed by atoms with Crippen molar-refractivity contribution < 1.29 is 4.42 Å². The lowest BCUT2D eigenvalue weighted by Crippen LogP contribution is -2.35. The molecule has 2 aromatic carbocycles. The lowest BCUT2D eigenvalue weighted by atomic mass is 9.81. The van der Waals surface area contributed by atoms with Crippen molar-refractivity contribution >= 4 is 28.6 Å². The molecular weight excluding hydrogens is 571 g/mol. The summed E-state index contributed by atoms with van der Waals surface area (Å²) in [6, 6.07) is 16.8. The lowest BCUT2D eigenvalue weighted by molar-refractivity contribution is 0.462. The number of hydrogen-bond donors (Lipinski definition) is 0. The topological polar surface area (TPSA) is 16.4 Å². The highest BCUT2D eigenvalue weighted by Crippen LogP contribution is 2.50. The Balaban J connectivity index is 1.19. The van der Waals surface area contributed by atoms with Crippen molar-refractivity contribution in [2.75, 3.05) is 4.90 Å². The van der Waals surface area contributed by atoms with Crippen molar-refractivity contribution in [2.24, 2.45) is 0 Å². The van der Waals surface area contributed by atoms with Gasteiger partial charge in [-0.1, -0.05) is 106 Å². The molecule has 6 aliphatic carbocycles. The molecule has 1 heterocycles. The van der Waals surface area contributed by atoms with Gasteiger partial charge in [0.2, 0.25) is 0 Å². The highest BCUT2D eigenvalue weighted by molar-refractivity contribution is 5.90. The molecule has 0 bridgehead atoms. The van der Waals surface area contributed by atoms with Gasteiger partial charge in [0.05, 0.1) is 6.04 Å². The van der Waals surface area contributed by atoms with Crippen LogP contribution in [0.25, 0.3) is 17.2 Å². The summed E-state index contributed by atoms with van der Waals surface area (Å²) in [5, 5.41) is 0. The van der Waals surface area contributed by atoms with E-state index in [9.17, 15) is 0 Å². The van der Waals surface area contributed by atoms with Gasteiger partial charge in [0.15, 0.2) is 0 Å². The molecule has 47 heavy (non-hydrogen) atoms. The number of fused-ring (bicyclic) bond motifs is 5. The maximum absolute atomic E-state index is 6.74. The Morgan fingerprint density at radius 3 is 2.60 bits per heavy atom. The second-order valence-corrected chi connectivity index (χ2v) is 14.6. The van der Waals surface area contributed by atoms with E-state index in [1.54, 1.807) is 5.57 Å². The molecule has 0 spiro atoms. The first-order valence-corrected chi connectivity index (χ1v) is 17.7. The van der Waals surface area contributed by atoms with Crippen molar-refractivity contribution in [3.8, 4) is 0 Å². The van der Waals surface area contributed by atoms with Crippen LogP contribution < -0.4 is 4.90 Å². The normalized spacial score (nSPS) is 23.2. The van der Waals surface area contributed by atoms with E-state index in [-0.39, 0.29) is 11.5 Å². The number of hydrogen-bond acceptors (Lipinski definition) is 2. The van der Waals surface area contributed by atoms with Crippen LogP contribution in [-0.2, 0) is 11.8 Å². The van der Waals surface area contributed by atoms with E-state index in [4.69, 9.17) is 4.42 Å². The number of rotatable bonds is 4. The Hall–Kier alpha value is -4.56. The van der Waals surface area contributed by atoms with E-state index in [1.807, 2.05) is 0 Å². The molecule has 9 rings (SSSR count). The van der Waals surface area contributed by atoms with E-state index in [0.29, 0.717) is 5.92 Å². The number of nitrogens with zero attached hydrogens (tertiary/aromatic N) is 1. The minimum absolute atomic E-state index is 0.0172. The van der Waals surface area contributed by atoms with Gasteiger partial charge in [-0.25, -0.2) is 0 Å². The Labute approximate surface area is 279 Å². The maximum atomic E-state index is 6.74. The van der Waals surface area contributed by atoms with Crippen LogP contribution in [0.15, 0.2) is 124 Å². The van der Waals surface area contributed by atoms with Crippen LogP contribution in [0.2, 0.25) is 0 Å². The molecule has 2 unspecified atom stereocenters. The Bertz CT molecular complexity index is 2060. The fourth-order valence-electron chi connectivity index (χ4n) is 9.00. The molecule has 0 aliphatic heterocycles. The van der Waals surface area contributed by atoms with Gasteiger partial charge < -0.3 is 9.32 Å². The average Bonchev–Trinajstić information content (AvgIpc) is 3.43. The van der Waals surface area contributed by atoms with Crippen molar-refractivity contribution in [2.45, 2.75) is 83.1 Å². The second kappa shape index (κ2) is 11.0. The fraction of sp³-hybridized carbons (Fsp3) is 0.289. The van der Waals surface area contributed by atoms with Crippen molar-refractivity contribution in [1.82, 2.24) is 0 Å². The Kier molecular flexibility index (Phi) is 6.71. The summed E-state index contributed by atoms with van der Waals surface area (Å²) in [6.07, 6.45) is 33.1. The molecule has 1 aromatic heterocycles. The van der Waals surface area contributed by atoms with Gasteiger partial charge >= 0.3 is 0 Å². The molecule has 3 aromatic rings. The fourth-order valence-corrected chi connectivity index (χ4v) is 9.00. The first kappa shape index (κ1) is 28.6. The van der Waals surface area contributed by atoms with Crippen LogP contribution in [-0.4, -0.2) is 6.04 Å². The third-order valence-corrected chi connectivity index (χ3v) is 11.4. The van der Waals surface area contributed by atoms with Gasteiger partial charge in [-0.3, -0.25) is 0 Å². The summed E-state index contributed by atoms with van der Waals surface area (Å²) in [6.45, 7) is 7.05. The molecule has 0 saturated heterocycles. The monoisotopic (exact) mass is 613 g/mol. The molecule has 0 saturated carbocycles. The smallest absolute Gasteiger partial charge is 0.138 e. The zero-order valence-electron chi connectivity index (χ0n) is 27.9. The van der Waals surface area contributed by atoms with Crippen molar-refractivity contribution in [3.63, 3.8) is 0 Å². The van der Waals surface area contributed by atoms with Gasteiger partial charge in [-0.2, -0.15) is 0 Å². The summed E-state index contributed by atoms with van der Waals surface area (Å²) >= 11 is 0. The third kappa shape index (κ3) is 4.52. The van der Waals surface area contributed by atoms with Gasteiger partial charge in [-0.15, -0.1) is 0 Å². The van der Waals surface area contributed by atoms with E-state index in [1.165, 1.54) is 67.2 Å². The largest absolute Gasteiger partial charge is 0.460 e. The summed E-state index contributed by atoms with van der Waals surface area (Å²) in [5.74, 6) is 2.67. The first-order valence-electron chi connectivity index (χ1n) is 17.7. The van der Waals surface area contributed by atoms with Crippen LogP contribution in [0.1, 0.15) is 105 Å². The number of benzene rings is 2. The van der Waals surface area contributed by atoms with E-state index in [2.05, 4.69) is 135 Å². The minimum atomic E-state index is -0.0172. The molecule has 6 aliphatic rings. The van der Waals surface area contributed by atoms with Gasteiger partial charge in [0, 0.05) is 39.4 Å². The molecule has 0 radical (unpaired) electrons. The Morgan fingerprint density at radius 1 is 0.809 bits per heavy atom. The third-order valence-electron chi connectivity index (χ3n) is 11.4. The summed E-state index contributed by atoms with van der Waals surface area (Å²) in [5.41, 5.74) is 16.2. The zero-order valence-corrected chi connectivity index (χ0v) is 27.9. The predicted octanol–water partition coefficient (Wildman–Crippen LogP) is 11.9. The second-order valence-electron chi connectivity index (χ2n) is 14.6. The maximum Gasteiger partial charge on any atom is 0.138 e. The molecule has 234 valence electrons. The lowest BCUT2D eigenvalue weighted by Gasteiger charge is -2.38. The molecule has 0 fully saturated rings. The summed E-state index contributed by atoms with van der Waals surface area (Å²) in [4.78, 5) is 2.64. The van der Waals surface area contributed by atoms with Crippen LogP contribution >= 0.6 is 0 Å². The number of allylic oxidation sites excluding steroid dienone is 12. The van der Waals surface area contributed by atoms with Crippen LogP contribution in [0.5, 0.6) is 0 Å². The average molecular weight is 614 g/mol. The quantitative estimate of drug-likeness (QED) is 0.291. The predicted molar refractivity (Wildman–Crippen MR) is 197 cm³/mol. The van der Waals surface area contributed by atoms with Crippen molar-refractivity contribution in [3.05, 3.63) is 159 Å². The number of furan rings is 1. The molecular formula is C45H43NO. The van der Waals surface area contributed by atoms with E-state index >= 15 is 0 Å². The van der Waals surface area contributed by atoms with Crippen LogP contribution in [0, 0.1) is 0 Å². The van der Waals surface area contributed by atoms with Crippen LogP contribution in [0.3, 0.4) is 0 Å². The first-order chi connectivity index (χ1) is 23.0. The highest BCUT2D eigenvalue weighted by Gasteiger charge is 2.37. The molecule has 2 atom stereocenters. The van der Waals surface area contributed by atoms with Crippen molar-refractivity contribution in [1.29, 1.82) is 0 Å². The highest BCUT2D eigenvalue weighted by atomic mass is 16.3. The Morgan fingerprint density at radius 2 is 1.66 bits per heavy atom. The van der Waals surface area contributed by atoms with E-state index < -0.39 is 0 Å².